The number of nitrogens with one attached hydrogen (secondary N) is 1. The van der Waals surface area contributed by atoms with Gasteiger partial charge in [0.25, 0.3) is 0 Å². The Kier molecular flexibility index (Phi) is 3.79. The lowest BCUT2D eigenvalue weighted by atomic mass is 9.94. The topological polar surface area (TPSA) is 52.9 Å². The van der Waals surface area contributed by atoms with Crippen LogP contribution in [0.15, 0.2) is 18.2 Å². The molecule has 1 aromatic rings. The highest BCUT2D eigenvalue weighted by Gasteiger charge is 2.23. The molecule has 0 fully saturated rings. The molecule has 1 amide bonds. The number of hydrogen-bond acceptors (Lipinski definition) is 2. The third-order valence-electron chi connectivity index (χ3n) is 2.33. The van der Waals surface area contributed by atoms with Crippen LogP contribution in [0.2, 0.25) is 0 Å². The van der Waals surface area contributed by atoms with Crippen LogP contribution in [-0.2, 0) is 10.3 Å². The Bertz CT molecular complexity index is 478. The van der Waals surface area contributed by atoms with E-state index in [0.29, 0.717) is 5.56 Å². The van der Waals surface area contributed by atoms with Crippen molar-refractivity contribution in [2.24, 2.45) is 0 Å². The zero-order valence-electron chi connectivity index (χ0n) is 9.55. The van der Waals surface area contributed by atoms with Crippen molar-refractivity contribution in [1.82, 2.24) is 5.32 Å². The highest BCUT2D eigenvalue weighted by atomic mass is 19.2. The highest BCUT2D eigenvalue weighted by molar-refractivity contribution is 5.78. The average Bonchev–Trinajstić information content (AvgIpc) is 2.21. The standard InChI is InChI=1S/C12H12F2N2O/c1-12(2,16-11(17)5-6-15)8-3-4-9(13)10(14)7-8/h3-4,7H,5H2,1-2H3,(H,16,17). The molecule has 5 heteroatoms. The minimum absolute atomic E-state index is 0.271. The first-order valence-electron chi connectivity index (χ1n) is 5.00. The van der Waals surface area contributed by atoms with E-state index in [1.165, 1.54) is 6.07 Å². The van der Waals surface area contributed by atoms with Crippen molar-refractivity contribution in [2.75, 3.05) is 0 Å². The number of nitrogens with zero attached hydrogens (tertiary/aromatic N) is 1. The Labute approximate surface area is 98.1 Å². The van der Waals surface area contributed by atoms with Crippen LogP contribution in [0.25, 0.3) is 0 Å². The maximum Gasteiger partial charge on any atom is 0.234 e. The van der Waals surface area contributed by atoms with Crippen molar-refractivity contribution in [1.29, 1.82) is 5.26 Å². The van der Waals surface area contributed by atoms with Crippen LogP contribution in [0.4, 0.5) is 8.78 Å². The monoisotopic (exact) mass is 238 g/mol. The van der Waals surface area contributed by atoms with E-state index in [1.54, 1.807) is 19.9 Å². The van der Waals surface area contributed by atoms with Gasteiger partial charge in [0.05, 0.1) is 11.6 Å². The fourth-order valence-electron chi connectivity index (χ4n) is 1.42. The van der Waals surface area contributed by atoms with Crippen molar-refractivity contribution in [2.45, 2.75) is 25.8 Å². The first-order chi connectivity index (χ1) is 7.86. The summed E-state index contributed by atoms with van der Waals surface area (Å²) in [5.74, 6) is -2.36. The van der Waals surface area contributed by atoms with Gasteiger partial charge in [-0.05, 0) is 31.5 Å². The highest BCUT2D eigenvalue weighted by Crippen LogP contribution is 2.22. The van der Waals surface area contributed by atoms with Crippen LogP contribution in [-0.4, -0.2) is 5.91 Å². The first-order valence-corrected chi connectivity index (χ1v) is 5.00. The first kappa shape index (κ1) is 13.1. The summed E-state index contributed by atoms with van der Waals surface area (Å²) in [7, 11) is 0. The molecule has 0 aliphatic heterocycles. The number of carbonyl (C=O) groups is 1. The number of carbonyl (C=O) groups excluding carboxylic acids is 1. The molecular formula is C12H12F2N2O. The summed E-state index contributed by atoms with van der Waals surface area (Å²) in [5, 5.41) is 10.9. The van der Waals surface area contributed by atoms with Gasteiger partial charge >= 0.3 is 0 Å². The van der Waals surface area contributed by atoms with E-state index in [0.717, 1.165) is 12.1 Å². The van der Waals surface area contributed by atoms with E-state index in [-0.39, 0.29) is 6.42 Å². The molecule has 0 unspecified atom stereocenters. The molecule has 0 saturated carbocycles. The van der Waals surface area contributed by atoms with E-state index in [1.807, 2.05) is 0 Å². The Morgan fingerprint density at radius 2 is 2.06 bits per heavy atom. The molecule has 0 aliphatic carbocycles. The molecule has 1 rings (SSSR count). The van der Waals surface area contributed by atoms with Gasteiger partial charge in [0.15, 0.2) is 11.6 Å². The molecule has 90 valence electrons. The lowest BCUT2D eigenvalue weighted by molar-refractivity contribution is -0.121. The Hall–Kier alpha value is -1.96. The zero-order chi connectivity index (χ0) is 13.1. The molecule has 0 heterocycles. The van der Waals surface area contributed by atoms with E-state index in [4.69, 9.17) is 5.26 Å². The van der Waals surface area contributed by atoms with Crippen molar-refractivity contribution >= 4 is 5.91 Å². The summed E-state index contributed by atoms with van der Waals surface area (Å²) in [6.07, 6.45) is -0.271. The number of hydrogen-bond donors (Lipinski definition) is 1. The second-order valence-corrected chi connectivity index (χ2v) is 4.14. The van der Waals surface area contributed by atoms with Crippen LogP contribution in [0.3, 0.4) is 0 Å². The van der Waals surface area contributed by atoms with Crippen LogP contribution >= 0.6 is 0 Å². The number of nitriles is 1. The Morgan fingerprint density at radius 1 is 1.41 bits per heavy atom. The van der Waals surface area contributed by atoms with Crippen molar-refractivity contribution < 1.29 is 13.6 Å². The SMILES string of the molecule is CC(C)(NC(=O)CC#N)c1ccc(F)c(F)c1. The number of benzene rings is 1. The molecule has 0 aromatic heterocycles. The normalized spacial score (nSPS) is 10.8. The summed E-state index contributed by atoms with van der Waals surface area (Å²) in [4.78, 5) is 11.3. The molecule has 0 saturated heterocycles. The van der Waals surface area contributed by atoms with Crippen molar-refractivity contribution in [3.63, 3.8) is 0 Å². The van der Waals surface area contributed by atoms with Gasteiger partial charge in [-0.3, -0.25) is 4.79 Å². The lowest BCUT2D eigenvalue weighted by Gasteiger charge is -2.26. The summed E-state index contributed by atoms with van der Waals surface area (Å²) in [5.41, 5.74) is -0.426. The third kappa shape index (κ3) is 3.25. The van der Waals surface area contributed by atoms with Crippen LogP contribution < -0.4 is 5.32 Å². The maximum absolute atomic E-state index is 13.1. The lowest BCUT2D eigenvalue weighted by Crippen LogP contribution is -2.40. The number of amides is 1. The molecule has 0 aliphatic rings. The van der Waals surface area contributed by atoms with E-state index < -0.39 is 23.1 Å². The van der Waals surface area contributed by atoms with E-state index in [2.05, 4.69) is 5.32 Å². The summed E-state index contributed by atoms with van der Waals surface area (Å²) in [6.45, 7) is 3.30. The van der Waals surface area contributed by atoms with Gasteiger partial charge in [0, 0.05) is 0 Å². The molecule has 0 radical (unpaired) electrons. The van der Waals surface area contributed by atoms with Crippen molar-refractivity contribution in [3.8, 4) is 6.07 Å². The van der Waals surface area contributed by atoms with Gasteiger partial charge in [-0.2, -0.15) is 5.26 Å². The molecule has 1 aromatic carbocycles. The molecule has 1 N–H and O–H groups in total. The van der Waals surface area contributed by atoms with Crippen LogP contribution in [0.1, 0.15) is 25.8 Å². The minimum atomic E-state index is -0.967. The van der Waals surface area contributed by atoms with Gasteiger partial charge in [0.1, 0.15) is 6.42 Å². The second-order valence-electron chi connectivity index (χ2n) is 4.14. The Morgan fingerprint density at radius 3 is 2.59 bits per heavy atom. The predicted molar refractivity (Wildman–Crippen MR) is 57.8 cm³/mol. The van der Waals surface area contributed by atoms with Crippen LogP contribution in [0, 0.1) is 23.0 Å². The summed E-state index contributed by atoms with van der Waals surface area (Å²) >= 11 is 0. The molecule has 0 spiro atoms. The molecule has 17 heavy (non-hydrogen) atoms. The summed E-state index contributed by atoms with van der Waals surface area (Å²) < 4.78 is 25.8. The summed E-state index contributed by atoms with van der Waals surface area (Å²) in [6, 6.07) is 5.14. The fourth-order valence-corrected chi connectivity index (χ4v) is 1.42. The van der Waals surface area contributed by atoms with Gasteiger partial charge in [-0.1, -0.05) is 6.07 Å². The van der Waals surface area contributed by atoms with E-state index >= 15 is 0 Å². The largest absolute Gasteiger partial charge is 0.346 e. The Balaban J connectivity index is 2.93. The average molecular weight is 238 g/mol. The number of halogens is 2. The molecular weight excluding hydrogens is 226 g/mol. The fraction of sp³-hybridized carbons (Fsp3) is 0.333. The minimum Gasteiger partial charge on any atom is -0.346 e. The predicted octanol–water partition coefficient (Wildman–Crippen LogP) is 2.23. The molecule has 0 atom stereocenters. The van der Waals surface area contributed by atoms with Gasteiger partial charge < -0.3 is 5.32 Å². The van der Waals surface area contributed by atoms with E-state index in [9.17, 15) is 13.6 Å². The van der Waals surface area contributed by atoms with Gasteiger partial charge in [-0.25, -0.2) is 8.78 Å². The quantitative estimate of drug-likeness (QED) is 0.877. The zero-order valence-corrected chi connectivity index (χ0v) is 9.55. The third-order valence-corrected chi connectivity index (χ3v) is 2.33. The van der Waals surface area contributed by atoms with Crippen molar-refractivity contribution in [3.05, 3.63) is 35.4 Å². The molecule has 3 nitrogen and oxygen atoms in total. The molecule has 0 bridgehead atoms. The number of rotatable bonds is 3. The maximum atomic E-state index is 13.1. The van der Waals surface area contributed by atoms with Gasteiger partial charge in [0.2, 0.25) is 5.91 Å². The van der Waals surface area contributed by atoms with Crippen LogP contribution in [0.5, 0.6) is 0 Å². The smallest absolute Gasteiger partial charge is 0.234 e. The van der Waals surface area contributed by atoms with Gasteiger partial charge in [-0.15, -0.1) is 0 Å². The second kappa shape index (κ2) is 4.91.